The first-order valence-corrected chi connectivity index (χ1v) is 9.20. The molecule has 0 aromatic heterocycles. The number of hydrogen-bond donors (Lipinski definition) is 8. The summed E-state index contributed by atoms with van der Waals surface area (Å²) in [6.07, 6.45) is -7.71. The molecule has 0 radical (unpaired) electrons. The molecule has 168 valence electrons. The van der Waals surface area contributed by atoms with E-state index in [0.29, 0.717) is 0 Å². The molecule has 1 aliphatic heterocycles. The zero-order chi connectivity index (χ0) is 22.9. The number of aromatic carboxylic acids is 1. The molecular formula is C20H22O11. The van der Waals surface area contributed by atoms with E-state index in [4.69, 9.17) is 9.47 Å². The summed E-state index contributed by atoms with van der Waals surface area (Å²) in [5.41, 5.74) is -0.345. The average Bonchev–Trinajstić information content (AvgIpc) is 2.72. The zero-order valence-electron chi connectivity index (χ0n) is 16.0. The molecule has 0 aliphatic carbocycles. The van der Waals surface area contributed by atoms with Gasteiger partial charge < -0.3 is 50.3 Å². The van der Waals surface area contributed by atoms with Gasteiger partial charge in [-0.1, -0.05) is 6.07 Å². The van der Waals surface area contributed by atoms with Gasteiger partial charge in [-0.3, -0.25) is 0 Å². The van der Waals surface area contributed by atoms with Crippen molar-refractivity contribution < 1.29 is 55.1 Å². The van der Waals surface area contributed by atoms with Gasteiger partial charge in [0.1, 0.15) is 53.0 Å². The molecule has 11 heteroatoms. The number of phenols is 3. The molecular weight excluding hydrogens is 416 g/mol. The van der Waals surface area contributed by atoms with Gasteiger partial charge in [0.15, 0.2) is 0 Å². The van der Waals surface area contributed by atoms with Crippen molar-refractivity contribution in [2.24, 2.45) is 0 Å². The Kier molecular flexibility index (Phi) is 6.53. The van der Waals surface area contributed by atoms with Crippen molar-refractivity contribution in [3.8, 4) is 23.0 Å². The van der Waals surface area contributed by atoms with Gasteiger partial charge in [-0.25, -0.2) is 4.79 Å². The summed E-state index contributed by atoms with van der Waals surface area (Å²) in [5.74, 6) is -2.96. The van der Waals surface area contributed by atoms with Crippen LogP contribution in [0.4, 0.5) is 0 Å². The van der Waals surface area contributed by atoms with E-state index in [9.17, 15) is 45.6 Å². The Bertz CT molecular complexity index is 958. The summed E-state index contributed by atoms with van der Waals surface area (Å²) in [6, 6.07) is 6.24. The second-order valence-electron chi connectivity index (χ2n) is 7.06. The van der Waals surface area contributed by atoms with Crippen molar-refractivity contribution >= 4 is 5.97 Å². The Labute approximate surface area is 175 Å². The minimum Gasteiger partial charge on any atom is -0.508 e. The second kappa shape index (κ2) is 8.96. The number of carbonyl (C=O) groups is 1. The lowest BCUT2D eigenvalue weighted by Gasteiger charge is -2.39. The number of aliphatic hydroxyl groups excluding tert-OH is 4. The fourth-order valence-electron chi connectivity index (χ4n) is 3.29. The summed E-state index contributed by atoms with van der Waals surface area (Å²) in [7, 11) is 0. The number of benzene rings is 2. The number of aliphatic hydroxyl groups is 4. The summed E-state index contributed by atoms with van der Waals surface area (Å²) < 4.78 is 10.9. The number of ether oxygens (including phenoxy) is 2. The number of rotatable bonds is 6. The van der Waals surface area contributed by atoms with Gasteiger partial charge in [0.05, 0.1) is 6.61 Å². The Hall–Kier alpha value is -3.09. The minimum absolute atomic E-state index is 0.0477. The molecule has 11 nitrogen and oxygen atoms in total. The van der Waals surface area contributed by atoms with E-state index < -0.39 is 60.3 Å². The van der Waals surface area contributed by atoms with Crippen molar-refractivity contribution in [2.45, 2.75) is 37.1 Å². The third-order valence-electron chi connectivity index (χ3n) is 4.97. The molecule has 0 saturated carbocycles. The lowest BCUT2D eigenvalue weighted by atomic mass is 9.98. The standard InChI is InChI=1S/C20H22O11/c21-7-13-16(25)17(26)18(27)20(31-13)30-12-4-2-10(22)6-9(12)5-8-1-3-11(23)14(15(8)24)19(28)29/h1-4,6,13,16-18,20-27H,5,7H2,(H,28,29)/t13-,16-,17+,18-,20-/m1/s1. The highest BCUT2D eigenvalue weighted by molar-refractivity contribution is 5.94. The van der Waals surface area contributed by atoms with Crippen LogP contribution in [0, 0.1) is 0 Å². The summed E-state index contributed by atoms with van der Waals surface area (Å²) in [4.78, 5) is 11.3. The molecule has 1 aliphatic rings. The first kappa shape index (κ1) is 22.6. The lowest BCUT2D eigenvalue weighted by molar-refractivity contribution is -0.277. The van der Waals surface area contributed by atoms with E-state index in [1.165, 1.54) is 24.3 Å². The molecule has 2 aromatic rings. The van der Waals surface area contributed by atoms with Crippen molar-refractivity contribution in [3.63, 3.8) is 0 Å². The SMILES string of the molecule is O=C(O)c1c(O)ccc(Cc2cc(O)ccc2O[C@@H]2O[C@H](CO)[C@@H](O)[C@H](O)[C@H]2O)c1O. The van der Waals surface area contributed by atoms with Crippen LogP contribution in [0.1, 0.15) is 21.5 Å². The Morgan fingerprint density at radius 1 is 0.968 bits per heavy atom. The quantitative estimate of drug-likeness (QED) is 0.283. The number of carboxylic acids is 1. The molecule has 1 heterocycles. The maximum atomic E-state index is 11.3. The third kappa shape index (κ3) is 4.50. The Morgan fingerprint density at radius 2 is 1.68 bits per heavy atom. The molecule has 1 saturated heterocycles. The maximum absolute atomic E-state index is 11.3. The van der Waals surface area contributed by atoms with Gasteiger partial charge >= 0.3 is 5.97 Å². The number of carboxylic acid groups (broad SMARTS) is 1. The minimum atomic E-state index is -1.67. The van der Waals surface area contributed by atoms with E-state index in [1.807, 2.05) is 0 Å². The smallest absolute Gasteiger partial charge is 0.343 e. The van der Waals surface area contributed by atoms with Crippen LogP contribution in [0.5, 0.6) is 23.0 Å². The summed E-state index contributed by atoms with van der Waals surface area (Å²) in [6.45, 7) is -0.646. The first-order valence-electron chi connectivity index (χ1n) is 9.20. The van der Waals surface area contributed by atoms with Gasteiger partial charge in [-0.2, -0.15) is 0 Å². The average molecular weight is 438 g/mol. The van der Waals surface area contributed by atoms with Crippen LogP contribution in [0.15, 0.2) is 30.3 Å². The largest absolute Gasteiger partial charge is 0.508 e. The highest BCUT2D eigenvalue weighted by Gasteiger charge is 2.44. The van der Waals surface area contributed by atoms with Gasteiger partial charge in [0, 0.05) is 12.0 Å². The highest BCUT2D eigenvalue weighted by Crippen LogP contribution is 2.35. The van der Waals surface area contributed by atoms with E-state index in [-0.39, 0.29) is 29.0 Å². The molecule has 5 atom stereocenters. The predicted octanol–water partition coefficient (Wildman–Crippen LogP) is -0.729. The first-order chi connectivity index (χ1) is 14.6. The summed E-state index contributed by atoms with van der Waals surface area (Å²) in [5, 5.41) is 78.2. The molecule has 0 spiro atoms. The van der Waals surface area contributed by atoms with Crippen molar-refractivity contribution in [1.29, 1.82) is 0 Å². The predicted molar refractivity (Wildman–Crippen MR) is 102 cm³/mol. The Balaban J connectivity index is 1.92. The van der Waals surface area contributed by atoms with E-state index in [0.717, 1.165) is 6.07 Å². The number of aromatic hydroxyl groups is 3. The van der Waals surface area contributed by atoms with Crippen LogP contribution < -0.4 is 4.74 Å². The molecule has 0 amide bonds. The van der Waals surface area contributed by atoms with Crippen LogP contribution in [0.3, 0.4) is 0 Å². The zero-order valence-corrected chi connectivity index (χ0v) is 16.0. The fourth-order valence-corrected chi connectivity index (χ4v) is 3.29. The molecule has 8 N–H and O–H groups in total. The van der Waals surface area contributed by atoms with E-state index in [1.54, 1.807) is 0 Å². The molecule has 1 fully saturated rings. The van der Waals surface area contributed by atoms with Crippen molar-refractivity contribution in [2.75, 3.05) is 6.61 Å². The topological polar surface area (TPSA) is 197 Å². The van der Waals surface area contributed by atoms with Crippen LogP contribution in [-0.4, -0.2) is 84.1 Å². The number of phenolic OH excluding ortho intramolecular Hbond substituents is 1. The van der Waals surface area contributed by atoms with Crippen molar-refractivity contribution in [1.82, 2.24) is 0 Å². The second-order valence-corrected chi connectivity index (χ2v) is 7.06. The Morgan fingerprint density at radius 3 is 2.32 bits per heavy atom. The van der Waals surface area contributed by atoms with Gasteiger partial charge in [0.25, 0.3) is 0 Å². The lowest BCUT2D eigenvalue weighted by Crippen LogP contribution is -2.60. The van der Waals surface area contributed by atoms with Crippen molar-refractivity contribution in [3.05, 3.63) is 47.0 Å². The molecule has 0 unspecified atom stereocenters. The molecule has 31 heavy (non-hydrogen) atoms. The summed E-state index contributed by atoms with van der Waals surface area (Å²) >= 11 is 0. The molecule has 3 rings (SSSR count). The van der Waals surface area contributed by atoms with Crippen LogP contribution >= 0.6 is 0 Å². The fraction of sp³-hybridized carbons (Fsp3) is 0.350. The third-order valence-corrected chi connectivity index (χ3v) is 4.97. The van der Waals surface area contributed by atoms with Crippen LogP contribution in [0.2, 0.25) is 0 Å². The number of hydrogen-bond acceptors (Lipinski definition) is 10. The van der Waals surface area contributed by atoms with Gasteiger partial charge in [-0.15, -0.1) is 0 Å². The highest BCUT2D eigenvalue weighted by atomic mass is 16.7. The maximum Gasteiger partial charge on any atom is 0.343 e. The van der Waals surface area contributed by atoms with Crippen LogP contribution in [-0.2, 0) is 11.2 Å². The van der Waals surface area contributed by atoms with E-state index in [2.05, 4.69) is 0 Å². The molecule has 0 bridgehead atoms. The van der Waals surface area contributed by atoms with Gasteiger partial charge in [-0.05, 0) is 29.8 Å². The van der Waals surface area contributed by atoms with E-state index >= 15 is 0 Å². The van der Waals surface area contributed by atoms with Gasteiger partial charge in [0.2, 0.25) is 6.29 Å². The van der Waals surface area contributed by atoms with Crippen LogP contribution in [0.25, 0.3) is 0 Å². The monoisotopic (exact) mass is 438 g/mol. The normalized spacial score (nSPS) is 25.9. The molecule has 2 aromatic carbocycles.